The first kappa shape index (κ1) is 28.8. The third kappa shape index (κ3) is 5.23. The average Bonchev–Trinajstić information content (AvgIpc) is 3.68. The van der Waals surface area contributed by atoms with E-state index >= 15 is 0 Å². The van der Waals surface area contributed by atoms with Crippen molar-refractivity contribution in [2.75, 3.05) is 26.2 Å². The zero-order chi connectivity index (χ0) is 30.8. The van der Waals surface area contributed by atoms with Gasteiger partial charge in [-0.15, -0.1) is 0 Å². The summed E-state index contributed by atoms with van der Waals surface area (Å²) in [5, 5.41) is 16.4. The van der Waals surface area contributed by atoms with Gasteiger partial charge >= 0.3 is 0 Å². The van der Waals surface area contributed by atoms with Gasteiger partial charge in [-0.1, -0.05) is 24.6 Å². The normalized spacial score (nSPS) is 24.4. The van der Waals surface area contributed by atoms with Crippen molar-refractivity contribution >= 4 is 28.2 Å². The van der Waals surface area contributed by atoms with Gasteiger partial charge in [0.05, 0.1) is 28.4 Å². The van der Waals surface area contributed by atoms with Gasteiger partial charge in [0.15, 0.2) is 0 Å². The van der Waals surface area contributed by atoms with E-state index < -0.39 is 0 Å². The van der Waals surface area contributed by atoms with E-state index in [2.05, 4.69) is 35.8 Å². The number of nitrogens with two attached hydrogens (primary N) is 1. The topological polar surface area (TPSA) is 109 Å². The summed E-state index contributed by atoms with van der Waals surface area (Å²) in [7, 11) is 0. The minimum Gasteiger partial charge on any atom is -0.393 e. The molecule has 2 saturated carbocycles. The number of carbonyl (C=O) groups is 2. The number of pyridine rings is 1. The molecule has 1 unspecified atom stereocenters. The number of amides is 2. The highest BCUT2D eigenvalue weighted by molar-refractivity contribution is 5.95. The summed E-state index contributed by atoms with van der Waals surface area (Å²) < 4.78 is 4.36. The summed E-state index contributed by atoms with van der Waals surface area (Å²) in [5.41, 5.74) is 13.5. The Kier molecular flexibility index (Phi) is 7.21. The highest BCUT2D eigenvalue weighted by atomic mass is 16.3. The van der Waals surface area contributed by atoms with Gasteiger partial charge in [0.1, 0.15) is 5.69 Å². The molecule has 1 aromatic carbocycles. The minimum atomic E-state index is -0.341. The number of fused-ring (bicyclic) bond motifs is 2. The van der Waals surface area contributed by atoms with Gasteiger partial charge in [-0.05, 0) is 81.5 Å². The fraction of sp³-hybridized carbons (Fsp3) is 0.528. The molecule has 4 aliphatic rings. The second-order valence-corrected chi connectivity index (χ2v) is 14.2. The number of nitrogens with zero attached hydrogens (tertiary/aromatic N) is 5. The van der Waals surface area contributed by atoms with Gasteiger partial charge in [0, 0.05) is 67.7 Å². The molecule has 4 fully saturated rings. The fourth-order valence-electron chi connectivity index (χ4n) is 8.05. The van der Waals surface area contributed by atoms with Gasteiger partial charge in [-0.25, -0.2) is 4.52 Å². The van der Waals surface area contributed by atoms with Crippen LogP contribution < -0.4 is 5.73 Å². The third-order valence-electron chi connectivity index (χ3n) is 10.8. The Morgan fingerprint density at radius 3 is 2.62 bits per heavy atom. The third-order valence-corrected chi connectivity index (χ3v) is 10.8. The molecule has 5 heterocycles. The van der Waals surface area contributed by atoms with Crippen molar-refractivity contribution in [3.05, 3.63) is 59.3 Å². The van der Waals surface area contributed by atoms with Gasteiger partial charge in [0.25, 0.3) is 5.91 Å². The number of piperidine rings is 1. The smallest absolute Gasteiger partial charge is 0.255 e. The van der Waals surface area contributed by atoms with E-state index in [4.69, 9.17) is 10.8 Å². The number of hydrogen-bond acceptors (Lipinski definition) is 5. The van der Waals surface area contributed by atoms with E-state index in [-0.39, 0.29) is 29.9 Å². The largest absolute Gasteiger partial charge is 0.393 e. The van der Waals surface area contributed by atoms with Crippen LogP contribution >= 0.6 is 0 Å². The number of rotatable bonds is 6. The van der Waals surface area contributed by atoms with Crippen molar-refractivity contribution < 1.29 is 14.7 Å². The lowest BCUT2D eigenvalue weighted by Crippen LogP contribution is -2.51. The quantitative estimate of drug-likeness (QED) is 0.330. The van der Waals surface area contributed by atoms with Crippen LogP contribution in [-0.2, 0) is 11.3 Å². The number of aliphatic hydroxyl groups excluding tert-OH is 1. The van der Waals surface area contributed by atoms with Gasteiger partial charge < -0.3 is 25.2 Å². The molecule has 2 aliphatic carbocycles. The van der Waals surface area contributed by atoms with Crippen LogP contribution in [0.4, 0.5) is 0 Å². The summed E-state index contributed by atoms with van der Waals surface area (Å²) in [6, 6.07) is 12.8. The van der Waals surface area contributed by atoms with Crippen LogP contribution in [0.5, 0.6) is 0 Å². The molecule has 0 spiro atoms. The highest BCUT2D eigenvalue weighted by Crippen LogP contribution is 2.41. The van der Waals surface area contributed by atoms with Crippen LogP contribution in [0.25, 0.3) is 27.8 Å². The molecule has 4 aromatic rings. The maximum Gasteiger partial charge on any atom is 0.255 e. The summed E-state index contributed by atoms with van der Waals surface area (Å²) in [5.74, 6) is 1.16. The van der Waals surface area contributed by atoms with Crippen molar-refractivity contribution in [2.45, 2.75) is 82.9 Å². The van der Waals surface area contributed by atoms with Crippen molar-refractivity contribution in [3.8, 4) is 11.4 Å². The minimum absolute atomic E-state index is 0.0157. The maximum absolute atomic E-state index is 13.3. The SMILES string of the molecule is Cc1c(-c2cc3cccc(C4CN(C(=O)[C@@H]5CCC[C@H](O)C5)C4)c3n2CC2CC2)nn2cc(C(=O)N3CCCC(N)C3)ccc12. The molecule has 2 saturated heterocycles. The molecule has 3 aromatic heterocycles. The summed E-state index contributed by atoms with van der Waals surface area (Å²) >= 11 is 0. The zero-order valence-corrected chi connectivity index (χ0v) is 26.2. The summed E-state index contributed by atoms with van der Waals surface area (Å²) in [6.45, 7) is 5.90. The Labute approximate surface area is 264 Å². The second-order valence-electron chi connectivity index (χ2n) is 14.2. The molecule has 45 heavy (non-hydrogen) atoms. The summed E-state index contributed by atoms with van der Waals surface area (Å²) in [4.78, 5) is 30.5. The van der Waals surface area contributed by atoms with Crippen LogP contribution in [0.2, 0.25) is 0 Å². The second kappa shape index (κ2) is 11.3. The molecule has 2 aliphatic heterocycles. The first-order chi connectivity index (χ1) is 21.8. The molecule has 9 nitrogen and oxygen atoms in total. The molecular formula is C36H44N6O3. The first-order valence-electron chi connectivity index (χ1n) is 17.0. The van der Waals surface area contributed by atoms with Crippen LogP contribution in [0, 0.1) is 18.8 Å². The Bertz CT molecular complexity index is 1780. The van der Waals surface area contributed by atoms with Gasteiger partial charge in [0.2, 0.25) is 5.91 Å². The summed E-state index contributed by atoms with van der Waals surface area (Å²) in [6.07, 6.45) is 9.16. The van der Waals surface area contributed by atoms with E-state index in [1.54, 1.807) is 0 Å². The lowest BCUT2D eigenvalue weighted by atomic mass is 9.83. The molecule has 2 amide bonds. The van der Waals surface area contributed by atoms with E-state index in [1.807, 2.05) is 32.6 Å². The van der Waals surface area contributed by atoms with Gasteiger partial charge in [-0.2, -0.15) is 5.10 Å². The fourth-order valence-corrected chi connectivity index (χ4v) is 8.05. The van der Waals surface area contributed by atoms with E-state index in [0.29, 0.717) is 30.4 Å². The van der Waals surface area contributed by atoms with Crippen molar-refractivity contribution in [2.24, 2.45) is 17.6 Å². The van der Waals surface area contributed by atoms with E-state index in [1.165, 1.54) is 29.3 Å². The Hall–Kier alpha value is -3.69. The molecule has 3 N–H and O–H groups in total. The molecule has 9 heteroatoms. The molecule has 0 radical (unpaired) electrons. The predicted octanol–water partition coefficient (Wildman–Crippen LogP) is 4.71. The molecule has 3 atom stereocenters. The lowest BCUT2D eigenvalue weighted by molar-refractivity contribution is -0.142. The number of hydrogen-bond donors (Lipinski definition) is 2. The number of para-hydroxylation sites is 1. The van der Waals surface area contributed by atoms with E-state index in [9.17, 15) is 14.7 Å². The van der Waals surface area contributed by atoms with Crippen LogP contribution in [0.3, 0.4) is 0 Å². The number of aryl methyl sites for hydroxylation is 1. The standard InChI is InChI=1S/C36H44N6O3/c1-22-31-13-12-26(36(45)39-14-4-7-28(37)21-39)20-42(31)38-33(22)32-16-24-5-3-9-30(34(24)41(32)17-23-10-11-23)27-18-40(19-27)35(44)25-6-2-8-29(43)15-25/h3,5,9,12-13,16,20,23,25,27-29,43H,2,4,6-8,10-11,14-15,17-19,21,37H2,1H3/t25-,28?,29+/m1/s1. The van der Waals surface area contributed by atoms with Crippen LogP contribution in [-0.4, -0.2) is 79.2 Å². The number of aliphatic hydroxyl groups is 1. The van der Waals surface area contributed by atoms with Gasteiger partial charge in [-0.3, -0.25) is 9.59 Å². The van der Waals surface area contributed by atoms with Crippen LogP contribution in [0.15, 0.2) is 42.6 Å². The maximum atomic E-state index is 13.3. The Balaban J connectivity index is 1.11. The predicted molar refractivity (Wildman–Crippen MR) is 174 cm³/mol. The van der Waals surface area contributed by atoms with Crippen molar-refractivity contribution in [3.63, 3.8) is 0 Å². The highest BCUT2D eigenvalue weighted by Gasteiger charge is 2.38. The van der Waals surface area contributed by atoms with E-state index in [0.717, 1.165) is 80.8 Å². The monoisotopic (exact) mass is 608 g/mol. The lowest BCUT2D eigenvalue weighted by Gasteiger charge is -2.42. The Morgan fingerprint density at radius 2 is 1.84 bits per heavy atom. The Morgan fingerprint density at radius 1 is 1.00 bits per heavy atom. The van der Waals surface area contributed by atoms with Crippen LogP contribution in [0.1, 0.15) is 78.8 Å². The van der Waals surface area contributed by atoms with Crippen molar-refractivity contribution in [1.82, 2.24) is 24.0 Å². The first-order valence-corrected chi connectivity index (χ1v) is 17.0. The number of carbonyl (C=O) groups excluding carboxylic acids is 2. The zero-order valence-electron chi connectivity index (χ0n) is 26.2. The molecule has 0 bridgehead atoms. The number of likely N-dealkylation sites (tertiary alicyclic amines) is 2. The molecular weight excluding hydrogens is 564 g/mol. The number of benzene rings is 1. The average molecular weight is 609 g/mol. The number of aromatic nitrogens is 3. The molecule has 8 rings (SSSR count). The van der Waals surface area contributed by atoms with Crippen molar-refractivity contribution in [1.29, 1.82) is 0 Å². The molecule has 236 valence electrons.